The molecule has 0 aliphatic heterocycles. The first kappa shape index (κ1) is 13.3. The first-order valence-corrected chi connectivity index (χ1v) is 8.00. The van der Waals surface area contributed by atoms with E-state index in [9.17, 15) is 0 Å². The summed E-state index contributed by atoms with van der Waals surface area (Å²) in [5.41, 5.74) is 5.51. The summed E-state index contributed by atoms with van der Waals surface area (Å²) < 4.78 is 4.23. The van der Waals surface area contributed by atoms with Gasteiger partial charge in [0.25, 0.3) is 0 Å². The molecule has 24 heavy (non-hydrogen) atoms. The summed E-state index contributed by atoms with van der Waals surface area (Å²) in [6.45, 7) is 2.14. The normalized spacial score (nSPS) is 11.8. The van der Waals surface area contributed by atoms with Gasteiger partial charge < -0.3 is 8.97 Å². The van der Waals surface area contributed by atoms with Crippen molar-refractivity contribution in [2.24, 2.45) is 7.05 Å². The van der Waals surface area contributed by atoms with Crippen LogP contribution in [0.3, 0.4) is 0 Å². The molecule has 2 aromatic carbocycles. The average Bonchev–Trinajstić information content (AvgIpc) is 3.18. The second kappa shape index (κ2) is 4.68. The van der Waals surface area contributed by atoms with Crippen LogP contribution in [0.25, 0.3) is 38.8 Å². The molecule has 0 radical (unpaired) electrons. The maximum Gasteiger partial charge on any atom is 0.141 e. The van der Waals surface area contributed by atoms with E-state index < -0.39 is 0 Å². The average molecular weight is 312 g/mol. The summed E-state index contributed by atoms with van der Waals surface area (Å²) in [7, 11) is 2.08. The first-order valence-electron chi connectivity index (χ1n) is 8.00. The number of aromatic nitrogens is 4. The van der Waals surface area contributed by atoms with Gasteiger partial charge >= 0.3 is 0 Å². The van der Waals surface area contributed by atoms with E-state index in [0.717, 1.165) is 22.5 Å². The number of nitrogens with zero attached hydrogens (tertiary/aromatic N) is 4. The van der Waals surface area contributed by atoms with E-state index >= 15 is 0 Å². The molecule has 0 saturated heterocycles. The minimum absolute atomic E-state index is 0.952. The number of fused-ring (bicyclic) bond motifs is 3. The Bertz CT molecular complexity index is 1230. The van der Waals surface area contributed by atoms with Gasteiger partial charge in [-0.1, -0.05) is 24.3 Å². The maximum atomic E-state index is 4.90. The van der Waals surface area contributed by atoms with Crippen molar-refractivity contribution in [1.82, 2.24) is 18.9 Å². The van der Waals surface area contributed by atoms with Crippen LogP contribution >= 0.6 is 0 Å². The van der Waals surface area contributed by atoms with Crippen molar-refractivity contribution < 1.29 is 0 Å². The van der Waals surface area contributed by atoms with Gasteiger partial charge in [0.15, 0.2) is 0 Å². The molecule has 4 heteroatoms. The number of imidazole rings is 2. The van der Waals surface area contributed by atoms with Crippen molar-refractivity contribution in [3.8, 4) is 11.4 Å². The highest BCUT2D eigenvalue weighted by molar-refractivity contribution is 5.99. The fourth-order valence-corrected chi connectivity index (χ4v) is 3.50. The zero-order valence-electron chi connectivity index (χ0n) is 13.6. The molecule has 0 fully saturated rings. The molecule has 0 saturated carbocycles. The molecule has 0 bridgehead atoms. The SMILES string of the molecule is Cc1ccc2cn3ccnc3cc2c1-c1nc2ccccc2n1C. The van der Waals surface area contributed by atoms with Crippen molar-refractivity contribution in [3.63, 3.8) is 0 Å². The summed E-state index contributed by atoms with van der Waals surface area (Å²) in [6, 6.07) is 14.7. The number of aryl methyl sites for hydroxylation is 2. The van der Waals surface area contributed by atoms with Crippen LogP contribution in [0.5, 0.6) is 0 Å². The van der Waals surface area contributed by atoms with Crippen LogP contribution in [0, 0.1) is 6.92 Å². The fourth-order valence-electron chi connectivity index (χ4n) is 3.50. The molecule has 0 spiro atoms. The van der Waals surface area contributed by atoms with Crippen molar-refractivity contribution >= 4 is 27.5 Å². The Morgan fingerprint density at radius 2 is 1.92 bits per heavy atom. The van der Waals surface area contributed by atoms with Crippen molar-refractivity contribution in [3.05, 3.63) is 66.6 Å². The van der Waals surface area contributed by atoms with Crippen LogP contribution in [0.2, 0.25) is 0 Å². The minimum Gasteiger partial charge on any atom is -0.327 e. The molecule has 3 aromatic heterocycles. The first-order chi connectivity index (χ1) is 11.7. The Balaban J connectivity index is 1.93. The molecule has 0 aliphatic rings. The van der Waals surface area contributed by atoms with Gasteiger partial charge in [-0.25, -0.2) is 9.97 Å². The van der Waals surface area contributed by atoms with Gasteiger partial charge in [-0.15, -0.1) is 0 Å². The van der Waals surface area contributed by atoms with Gasteiger partial charge in [-0.05, 0) is 41.5 Å². The molecule has 5 aromatic rings. The summed E-state index contributed by atoms with van der Waals surface area (Å²) in [5, 5.41) is 2.38. The molecular formula is C20H16N4. The second-order valence-electron chi connectivity index (χ2n) is 6.21. The highest BCUT2D eigenvalue weighted by atomic mass is 15.1. The fraction of sp³-hybridized carbons (Fsp3) is 0.100. The van der Waals surface area contributed by atoms with E-state index in [2.05, 4.69) is 70.5 Å². The summed E-state index contributed by atoms with van der Waals surface area (Å²) in [5.74, 6) is 0.996. The topological polar surface area (TPSA) is 35.1 Å². The van der Waals surface area contributed by atoms with E-state index in [0.29, 0.717) is 0 Å². The molecular weight excluding hydrogens is 296 g/mol. The van der Waals surface area contributed by atoms with Crippen molar-refractivity contribution in [2.75, 3.05) is 0 Å². The van der Waals surface area contributed by atoms with Crippen LogP contribution in [0.1, 0.15) is 5.56 Å². The lowest BCUT2D eigenvalue weighted by molar-refractivity contribution is 0.959. The van der Waals surface area contributed by atoms with Gasteiger partial charge in [0.05, 0.1) is 11.0 Å². The van der Waals surface area contributed by atoms with E-state index in [1.165, 1.54) is 21.9 Å². The highest BCUT2D eigenvalue weighted by Gasteiger charge is 2.15. The molecule has 0 unspecified atom stereocenters. The number of hydrogen-bond donors (Lipinski definition) is 0. The van der Waals surface area contributed by atoms with Crippen LogP contribution in [0.15, 0.2) is 61.1 Å². The third-order valence-electron chi connectivity index (χ3n) is 4.75. The molecule has 3 heterocycles. The Morgan fingerprint density at radius 1 is 1.04 bits per heavy atom. The Labute approximate surface area is 139 Å². The lowest BCUT2D eigenvalue weighted by Gasteiger charge is -2.11. The van der Waals surface area contributed by atoms with E-state index in [4.69, 9.17) is 4.98 Å². The number of rotatable bonds is 1. The molecule has 5 rings (SSSR count). The quantitative estimate of drug-likeness (QED) is 0.461. The summed E-state index contributed by atoms with van der Waals surface area (Å²) in [4.78, 5) is 9.33. The molecule has 4 nitrogen and oxygen atoms in total. The number of hydrogen-bond acceptors (Lipinski definition) is 2. The smallest absolute Gasteiger partial charge is 0.141 e. The van der Waals surface area contributed by atoms with Crippen LogP contribution < -0.4 is 0 Å². The van der Waals surface area contributed by atoms with Gasteiger partial charge in [0, 0.05) is 31.2 Å². The molecule has 0 aliphatic carbocycles. The Kier molecular flexibility index (Phi) is 2.59. The van der Waals surface area contributed by atoms with Crippen LogP contribution in [-0.2, 0) is 7.05 Å². The van der Waals surface area contributed by atoms with Gasteiger partial charge in [0.2, 0.25) is 0 Å². The van der Waals surface area contributed by atoms with Gasteiger partial charge in [0.1, 0.15) is 11.5 Å². The van der Waals surface area contributed by atoms with E-state index in [-0.39, 0.29) is 0 Å². The standard InChI is InChI=1S/C20H16N4/c1-13-7-8-14-12-24-10-9-21-18(24)11-15(14)19(13)20-22-16-5-3-4-6-17(16)23(20)2/h3-12H,1-2H3. The van der Waals surface area contributed by atoms with Crippen molar-refractivity contribution in [1.29, 1.82) is 0 Å². The van der Waals surface area contributed by atoms with Crippen LogP contribution in [-0.4, -0.2) is 18.9 Å². The monoisotopic (exact) mass is 312 g/mol. The second-order valence-corrected chi connectivity index (χ2v) is 6.21. The Hall–Kier alpha value is -3.14. The molecule has 0 N–H and O–H groups in total. The maximum absolute atomic E-state index is 4.90. The Morgan fingerprint density at radius 3 is 2.79 bits per heavy atom. The molecule has 0 atom stereocenters. The number of pyridine rings is 1. The lowest BCUT2D eigenvalue weighted by atomic mass is 10.0. The van der Waals surface area contributed by atoms with Crippen molar-refractivity contribution in [2.45, 2.75) is 6.92 Å². The largest absolute Gasteiger partial charge is 0.327 e. The molecule has 0 amide bonds. The zero-order valence-corrected chi connectivity index (χ0v) is 13.6. The lowest BCUT2D eigenvalue weighted by Crippen LogP contribution is -1.96. The minimum atomic E-state index is 0.952. The van der Waals surface area contributed by atoms with E-state index in [1.54, 1.807) is 0 Å². The summed E-state index contributed by atoms with van der Waals surface area (Å²) >= 11 is 0. The van der Waals surface area contributed by atoms with Gasteiger partial charge in [-0.3, -0.25) is 0 Å². The third kappa shape index (κ3) is 1.74. The predicted molar refractivity (Wildman–Crippen MR) is 97.1 cm³/mol. The number of benzene rings is 2. The van der Waals surface area contributed by atoms with E-state index in [1.807, 2.05) is 18.5 Å². The number of para-hydroxylation sites is 2. The van der Waals surface area contributed by atoms with Gasteiger partial charge in [-0.2, -0.15) is 0 Å². The summed E-state index contributed by atoms with van der Waals surface area (Å²) in [6.07, 6.45) is 5.93. The molecule has 116 valence electrons. The highest BCUT2D eigenvalue weighted by Crippen LogP contribution is 2.33. The zero-order chi connectivity index (χ0) is 16.3. The van der Waals surface area contributed by atoms with Crippen LogP contribution in [0.4, 0.5) is 0 Å². The third-order valence-corrected chi connectivity index (χ3v) is 4.75. The predicted octanol–water partition coefficient (Wildman–Crippen LogP) is 4.35.